The van der Waals surface area contributed by atoms with Crippen LogP contribution in [0.2, 0.25) is 0 Å². The van der Waals surface area contributed by atoms with E-state index in [1.54, 1.807) is 35.4 Å². The molecule has 1 aliphatic rings. The van der Waals surface area contributed by atoms with E-state index in [0.717, 1.165) is 31.4 Å². The molecule has 1 aliphatic carbocycles. The van der Waals surface area contributed by atoms with Crippen LogP contribution >= 0.6 is 0 Å². The third-order valence-electron chi connectivity index (χ3n) is 4.55. The number of rotatable bonds is 7. The van der Waals surface area contributed by atoms with Gasteiger partial charge in [-0.2, -0.15) is 0 Å². The van der Waals surface area contributed by atoms with E-state index < -0.39 is 5.97 Å². The van der Waals surface area contributed by atoms with Gasteiger partial charge in [-0.1, -0.05) is 12.1 Å². The zero-order valence-electron chi connectivity index (χ0n) is 16.3. The molecule has 2 aromatic rings. The van der Waals surface area contributed by atoms with Crippen LogP contribution in [0.4, 0.5) is 5.69 Å². The maximum Gasteiger partial charge on any atom is 0.338 e. The fraction of sp³-hybridized carbons (Fsp3) is 0.318. The van der Waals surface area contributed by atoms with Crippen LogP contribution < -0.4 is 5.32 Å². The second kappa shape index (κ2) is 9.73. The van der Waals surface area contributed by atoms with Crippen LogP contribution in [0.25, 0.3) is 0 Å². The number of amides is 2. The number of hydrogen-bond donors (Lipinski definition) is 1. The molecule has 3 rings (SSSR count). The van der Waals surface area contributed by atoms with Crippen LogP contribution in [0.15, 0.2) is 58.9 Å². The minimum absolute atomic E-state index is 0.236. The predicted octanol–water partition coefficient (Wildman–Crippen LogP) is 3.88. The van der Waals surface area contributed by atoms with E-state index in [1.807, 2.05) is 6.07 Å². The van der Waals surface area contributed by atoms with Gasteiger partial charge in [0.25, 0.3) is 5.91 Å². The van der Waals surface area contributed by atoms with Crippen LogP contribution in [0.5, 0.6) is 0 Å². The number of ether oxygens (including phenoxy) is 1. The molecule has 0 atom stereocenters. The molecular weight excluding hydrogens is 372 g/mol. The highest BCUT2D eigenvalue weighted by Gasteiger charge is 2.22. The van der Waals surface area contributed by atoms with Crippen molar-refractivity contribution < 1.29 is 23.5 Å². The number of esters is 1. The molecule has 0 radical (unpaired) electrons. The topological polar surface area (TPSA) is 88.8 Å². The van der Waals surface area contributed by atoms with Gasteiger partial charge in [0.1, 0.15) is 5.76 Å². The van der Waals surface area contributed by atoms with Crippen molar-refractivity contribution in [1.82, 2.24) is 4.90 Å². The third-order valence-corrected chi connectivity index (χ3v) is 4.55. The number of allylic oxidation sites excluding steroid dienone is 2. The van der Waals surface area contributed by atoms with Gasteiger partial charge in [0.15, 0.2) is 6.61 Å². The van der Waals surface area contributed by atoms with Gasteiger partial charge in [-0.05, 0) is 56.0 Å². The van der Waals surface area contributed by atoms with Crippen LogP contribution in [0.1, 0.15) is 48.7 Å². The molecule has 29 heavy (non-hydrogen) atoms. The lowest BCUT2D eigenvalue weighted by Gasteiger charge is -2.27. The molecule has 1 aromatic carbocycles. The van der Waals surface area contributed by atoms with Gasteiger partial charge in [-0.25, -0.2) is 4.79 Å². The molecule has 0 bridgehead atoms. The van der Waals surface area contributed by atoms with Crippen molar-refractivity contribution >= 4 is 23.5 Å². The molecule has 0 saturated heterocycles. The summed E-state index contributed by atoms with van der Waals surface area (Å²) < 4.78 is 10.6. The maximum atomic E-state index is 12.8. The quantitative estimate of drug-likeness (QED) is 0.718. The highest BCUT2D eigenvalue weighted by molar-refractivity contribution is 5.94. The molecule has 2 amide bonds. The number of benzene rings is 1. The molecule has 7 heteroatoms. The molecule has 0 fully saturated rings. The van der Waals surface area contributed by atoms with Crippen molar-refractivity contribution in [2.45, 2.75) is 39.2 Å². The first-order valence-corrected chi connectivity index (χ1v) is 9.59. The molecule has 0 aliphatic heterocycles. The zero-order chi connectivity index (χ0) is 20.6. The third kappa shape index (κ3) is 5.81. The summed E-state index contributed by atoms with van der Waals surface area (Å²) in [5, 5.41) is 2.61. The van der Waals surface area contributed by atoms with Crippen LogP contribution in [0, 0.1) is 0 Å². The predicted molar refractivity (Wildman–Crippen MR) is 107 cm³/mol. The van der Waals surface area contributed by atoms with E-state index >= 15 is 0 Å². The maximum absolute atomic E-state index is 12.8. The van der Waals surface area contributed by atoms with Crippen LogP contribution in [0.3, 0.4) is 0 Å². The first-order chi connectivity index (χ1) is 14.0. The number of carbonyl (C=O) groups excluding carboxylic acids is 3. The van der Waals surface area contributed by atoms with E-state index in [4.69, 9.17) is 9.15 Å². The van der Waals surface area contributed by atoms with Gasteiger partial charge < -0.3 is 19.4 Å². The molecule has 152 valence electrons. The Hall–Kier alpha value is -3.35. The Morgan fingerprint density at radius 1 is 1.17 bits per heavy atom. The average Bonchev–Trinajstić information content (AvgIpc) is 3.23. The summed E-state index contributed by atoms with van der Waals surface area (Å²) in [7, 11) is 0. The Morgan fingerprint density at radius 3 is 2.72 bits per heavy atom. The van der Waals surface area contributed by atoms with Crippen molar-refractivity contribution in [2.24, 2.45) is 0 Å². The highest BCUT2D eigenvalue weighted by Crippen LogP contribution is 2.23. The lowest BCUT2D eigenvalue weighted by atomic mass is 10.0. The number of nitrogens with one attached hydrogen (secondary N) is 1. The highest BCUT2D eigenvalue weighted by atomic mass is 16.5. The molecular formula is C22H24N2O5. The van der Waals surface area contributed by atoms with Gasteiger partial charge in [0.2, 0.25) is 5.91 Å². The molecule has 1 N–H and O–H groups in total. The molecule has 0 unspecified atom stereocenters. The Balaban J connectivity index is 1.65. The van der Waals surface area contributed by atoms with E-state index in [1.165, 1.54) is 13.0 Å². The lowest BCUT2D eigenvalue weighted by molar-refractivity contribution is -0.133. The summed E-state index contributed by atoms with van der Waals surface area (Å²) in [6.07, 6.45) is 7.47. The average molecular weight is 396 g/mol. The van der Waals surface area contributed by atoms with Gasteiger partial charge in [0.05, 0.1) is 18.4 Å². The van der Waals surface area contributed by atoms with E-state index in [-0.39, 0.29) is 24.0 Å². The van der Waals surface area contributed by atoms with E-state index in [9.17, 15) is 14.4 Å². The van der Waals surface area contributed by atoms with Crippen molar-refractivity contribution in [2.75, 3.05) is 11.9 Å². The first-order valence-electron chi connectivity index (χ1n) is 9.59. The summed E-state index contributed by atoms with van der Waals surface area (Å²) >= 11 is 0. The fourth-order valence-electron chi connectivity index (χ4n) is 3.19. The summed E-state index contributed by atoms with van der Waals surface area (Å²) in [5.74, 6) is -0.499. The van der Waals surface area contributed by atoms with Gasteiger partial charge in [0, 0.05) is 18.3 Å². The SMILES string of the molecule is CC(=O)Nc1cccc(C(=O)OCC(=O)N(Cc2ccco2)C2=CCCCC2)c1. The van der Waals surface area contributed by atoms with Gasteiger partial charge in [-0.15, -0.1) is 0 Å². The largest absolute Gasteiger partial charge is 0.467 e. The standard InChI is InChI=1S/C22H24N2O5/c1-16(25)23-18-8-5-7-17(13-18)22(27)29-15-21(26)24(14-20-11-6-12-28-20)19-9-3-2-4-10-19/h5-9,11-13H,2-4,10,14-15H2,1H3,(H,23,25). The molecule has 7 nitrogen and oxygen atoms in total. The molecule has 0 spiro atoms. The number of anilines is 1. The number of furan rings is 1. The summed E-state index contributed by atoms with van der Waals surface area (Å²) in [6.45, 7) is 1.31. The zero-order valence-corrected chi connectivity index (χ0v) is 16.3. The van der Waals surface area contributed by atoms with E-state index in [0.29, 0.717) is 18.0 Å². The summed E-state index contributed by atoms with van der Waals surface area (Å²) in [4.78, 5) is 38.0. The Kier molecular flexibility index (Phi) is 6.84. The molecule has 1 aromatic heterocycles. The van der Waals surface area contributed by atoms with Crippen molar-refractivity contribution in [3.8, 4) is 0 Å². The van der Waals surface area contributed by atoms with Gasteiger partial charge in [-0.3, -0.25) is 9.59 Å². The molecule has 0 saturated carbocycles. The Labute approximate surface area is 169 Å². The van der Waals surface area contributed by atoms with Crippen molar-refractivity contribution in [3.63, 3.8) is 0 Å². The molecule has 1 heterocycles. The smallest absolute Gasteiger partial charge is 0.338 e. The second-order valence-corrected chi connectivity index (χ2v) is 6.84. The Morgan fingerprint density at radius 2 is 2.03 bits per heavy atom. The van der Waals surface area contributed by atoms with Crippen molar-refractivity contribution in [1.29, 1.82) is 0 Å². The van der Waals surface area contributed by atoms with Crippen molar-refractivity contribution in [3.05, 3.63) is 65.8 Å². The fourth-order valence-corrected chi connectivity index (χ4v) is 3.19. The van der Waals surface area contributed by atoms with Gasteiger partial charge >= 0.3 is 5.97 Å². The number of carbonyl (C=O) groups is 3. The summed E-state index contributed by atoms with van der Waals surface area (Å²) in [6, 6.07) is 9.98. The van der Waals surface area contributed by atoms with Crippen LogP contribution in [-0.4, -0.2) is 29.3 Å². The summed E-state index contributed by atoms with van der Waals surface area (Å²) in [5.41, 5.74) is 1.69. The minimum Gasteiger partial charge on any atom is -0.467 e. The number of hydrogen-bond acceptors (Lipinski definition) is 5. The number of nitrogens with zero attached hydrogens (tertiary/aromatic N) is 1. The lowest BCUT2D eigenvalue weighted by Crippen LogP contribution is -2.34. The minimum atomic E-state index is -0.624. The second-order valence-electron chi connectivity index (χ2n) is 6.84. The normalized spacial score (nSPS) is 13.3. The monoisotopic (exact) mass is 396 g/mol. The Bertz CT molecular complexity index is 902. The first kappa shape index (κ1) is 20.4. The van der Waals surface area contributed by atoms with E-state index in [2.05, 4.69) is 11.4 Å². The van der Waals surface area contributed by atoms with Crippen LogP contribution in [-0.2, 0) is 20.9 Å².